The number of aromatic carboxylic acids is 1. The van der Waals surface area contributed by atoms with Crippen molar-refractivity contribution in [1.29, 1.82) is 0 Å². The van der Waals surface area contributed by atoms with Crippen molar-refractivity contribution in [1.82, 2.24) is 9.88 Å². The van der Waals surface area contributed by atoms with Gasteiger partial charge in [-0.05, 0) is 31.9 Å². The fourth-order valence-corrected chi connectivity index (χ4v) is 3.55. The first-order chi connectivity index (χ1) is 12.0. The van der Waals surface area contributed by atoms with Gasteiger partial charge in [0.25, 0.3) is 0 Å². The minimum absolute atomic E-state index is 0.0165. The second-order valence-electron chi connectivity index (χ2n) is 6.45. The van der Waals surface area contributed by atoms with Crippen LogP contribution in [0.2, 0.25) is 5.02 Å². The van der Waals surface area contributed by atoms with Crippen LogP contribution in [0.5, 0.6) is 5.75 Å². The number of pyridine rings is 1. The average molecular weight is 367 g/mol. The third-order valence-corrected chi connectivity index (χ3v) is 4.99. The van der Waals surface area contributed by atoms with Gasteiger partial charge < -0.3 is 19.7 Å². The van der Waals surface area contributed by atoms with Crippen LogP contribution in [0, 0.1) is 5.82 Å². The van der Waals surface area contributed by atoms with Crippen molar-refractivity contribution in [2.45, 2.75) is 31.4 Å². The van der Waals surface area contributed by atoms with Crippen LogP contribution in [-0.2, 0) is 0 Å². The van der Waals surface area contributed by atoms with E-state index in [4.69, 9.17) is 16.3 Å². The summed E-state index contributed by atoms with van der Waals surface area (Å²) in [6.07, 6.45) is 3.56. The first-order valence-electron chi connectivity index (χ1n) is 8.15. The van der Waals surface area contributed by atoms with E-state index in [1.54, 1.807) is 4.57 Å². The summed E-state index contributed by atoms with van der Waals surface area (Å²) in [5, 5.41) is 12.4. The van der Waals surface area contributed by atoms with Gasteiger partial charge in [0.2, 0.25) is 5.43 Å². The molecule has 132 valence electrons. The van der Waals surface area contributed by atoms with E-state index in [1.807, 2.05) is 0 Å². The Morgan fingerprint density at radius 3 is 2.76 bits per heavy atom. The number of benzene rings is 1. The molecule has 1 saturated heterocycles. The fraction of sp³-hybridized carbons (Fsp3) is 0.412. The van der Waals surface area contributed by atoms with Crippen molar-refractivity contribution in [2.24, 2.45) is 0 Å². The van der Waals surface area contributed by atoms with Gasteiger partial charge in [-0.2, -0.15) is 0 Å². The number of ether oxygens (including phenoxy) is 1. The van der Waals surface area contributed by atoms with Gasteiger partial charge in [0.05, 0.1) is 10.9 Å². The number of rotatable bonds is 4. The first kappa shape index (κ1) is 16.4. The summed E-state index contributed by atoms with van der Waals surface area (Å²) in [6, 6.07) is 1.09. The summed E-state index contributed by atoms with van der Waals surface area (Å²) in [7, 11) is 0. The summed E-state index contributed by atoms with van der Waals surface area (Å²) in [6.45, 7) is 1.38. The van der Waals surface area contributed by atoms with Gasteiger partial charge in [-0.15, -0.1) is 0 Å². The zero-order valence-corrected chi connectivity index (χ0v) is 14.0. The van der Waals surface area contributed by atoms with Crippen molar-refractivity contribution in [3.63, 3.8) is 0 Å². The van der Waals surface area contributed by atoms with E-state index in [0.29, 0.717) is 12.1 Å². The van der Waals surface area contributed by atoms with Crippen molar-refractivity contribution < 1.29 is 19.0 Å². The maximum absolute atomic E-state index is 14.6. The molecule has 1 aromatic carbocycles. The smallest absolute Gasteiger partial charge is 0.341 e. The molecule has 1 unspecified atom stereocenters. The molecule has 0 amide bonds. The van der Waals surface area contributed by atoms with Crippen LogP contribution in [0.25, 0.3) is 10.9 Å². The van der Waals surface area contributed by atoms with Crippen molar-refractivity contribution >= 4 is 28.5 Å². The molecule has 2 aliphatic rings. The Kier molecular flexibility index (Phi) is 3.92. The summed E-state index contributed by atoms with van der Waals surface area (Å²) in [5.41, 5.74) is -0.792. The van der Waals surface area contributed by atoms with E-state index < -0.39 is 17.2 Å². The van der Waals surface area contributed by atoms with Gasteiger partial charge in [0.1, 0.15) is 16.7 Å². The molecule has 2 heterocycles. The van der Waals surface area contributed by atoms with Gasteiger partial charge in [-0.25, -0.2) is 9.18 Å². The van der Waals surface area contributed by atoms with Crippen LogP contribution in [0.3, 0.4) is 0 Å². The number of halogens is 2. The van der Waals surface area contributed by atoms with Gasteiger partial charge in [-0.1, -0.05) is 11.6 Å². The minimum Gasteiger partial charge on any atom is -0.484 e. The van der Waals surface area contributed by atoms with E-state index in [0.717, 1.165) is 31.9 Å². The van der Waals surface area contributed by atoms with Crippen LogP contribution in [0.1, 0.15) is 35.7 Å². The van der Waals surface area contributed by atoms with E-state index in [-0.39, 0.29) is 33.9 Å². The molecule has 0 spiro atoms. The Morgan fingerprint density at radius 1 is 1.40 bits per heavy atom. The predicted octanol–water partition coefficient (Wildman–Crippen LogP) is 2.57. The van der Waals surface area contributed by atoms with Crippen LogP contribution in [0.15, 0.2) is 17.1 Å². The number of fused-ring (bicyclic) bond motifs is 1. The molecule has 2 N–H and O–H groups in total. The Labute approximate surface area is 147 Å². The molecule has 1 atom stereocenters. The number of carbonyl (C=O) groups is 1. The molecule has 6 nitrogen and oxygen atoms in total. The first-order valence-corrected chi connectivity index (χ1v) is 8.52. The standard InChI is InChI=1S/C17H16ClFN2O4/c18-13-14-10(5-12(19)16(13)25-9-3-4-20-6-9)15(22)11(17(23)24)7-21(14)8-1-2-8/h5,7-9,20H,1-4,6H2,(H,23,24). The van der Waals surface area contributed by atoms with E-state index in [1.165, 1.54) is 6.20 Å². The van der Waals surface area contributed by atoms with Crippen LogP contribution in [-0.4, -0.2) is 34.8 Å². The van der Waals surface area contributed by atoms with Gasteiger partial charge in [0.15, 0.2) is 11.6 Å². The average Bonchev–Trinajstić information content (AvgIpc) is 3.28. The molecule has 1 aliphatic carbocycles. The largest absolute Gasteiger partial charge is 0.484 e. The molecule has 25 heavy (non-hydrogen) atoms. The van der Waals surface area contributed by atoms with E-state index in [2.05, 4.69) is 5.32 Å². The quantitative estimate of drug-likeness (QED) is 0.869. The fourth-order valence-electron chi connectivity index (χ4n) is 3.22. The highest BCUT2D eigenvalue weighted by atomic mass is 35.5. The Morgan fingerprint density at radius 2 is 2.16 bits per heavy atom. The molecular formula is C17H16ClFN2O4. The predicted molar refractivity (Wildman–Crippen MR) is 90.3 cm³/mol. The number of aromatic nitrogens is 1. The van der Waals surface area contributed by atoms with Gasteiger partial charge >= 0.3 is 5.97 Å². The lowest BCUT2D eigenvalue weighted by molar-refractivity contribution is 0.0695. The van der Waals surface area contributed by atoms with E-state index in [9.17, 15) is 19.1 Å². The summed E-state index contributed by atoms with van der Waals surface area (Å²) in [4.78, 5) is 23.8. The highest BCUT2D eigenvalue weighted by Gasteiger charge is 2.30. The van der Waals surface area contributed by atoms with Crippen molar-refractivity contribution in [3.05, 3.63) is 38.9 Å². The maximum Gasteiger partial charge on any atom is 0.341 e. The highest BCUT2D eigenvalue weighted by molar-refractivity contribution is 6.36. The Bertz CT molecular complexity index is 933. The second kappa shape index (κ2) is 6.00. The number of nitrogens with one attached hydrogen (secondary N) is 1. The number of carboxylic acid groups (broad SMARTS) is 1. The molecule has 8 heteroatoms. The van der Waals surface area contributed by atoms with Crippen LogP contribution in [0.4, 0.5) is 4.39 Å². The molecule has 2 fully saturated rings. The molecule has 4 rings (SSSR count). The lowest BCUT2D eigenvalue weighted by atomic mass is 10.1. The van der Waals surface area contributed by atoms with E-state index >= 15 is 0 Å². The SMILES string of the molecule is O=C(O)c1cn(C2CC2)c2c(Cl)c(OC3CCNC3)c(F)cc2c1=O. The van der Waals surface area contributed by atoms with Crippen molar-refractivity contribution in [3.8, 4) is 5.75 Å². The second-order valence-corrected chi connectivity index (χ2v) is 6.82. The molecule has 2 aromatic rings. The number of hydrogen-bond donors (Lipinski definition) is 2. The normalized spacial score (nSPS) is 20.2. The summed E-state index contributed by atoms with van der Waals surface area (Å²) >= 11 is 6.41. The molecule has 1 aliphatic heterocycles. The number of carboxylic acids is 1. The molecule has 0 radical (unpaired) electrons. The monoisotopic (exact) mass is 366 g/mol. The van der Waals surface area contributed by atoms with Crippen molar-refractivity contribution in [2.75, 3.05) is 13.1 Å². The third-order valence-electron chi connectivity index (χ3n) is 4.64. The minimum atomic E-state index is -1.34. The molecular weight excluding hydrogens is 351 g/mol. The molecule has 1 saturated carbocycles. The third kappa shape index (κ3) is 2.77. The topological polar surface area (TPSA) is 80.6 Å². The summed E-state index contributed by atoms with van der Waals surface area (Å²) < 4.78 is 22.0. The molecule has 1 aromatic heterocycles. The van der Waals surface area contributed by atoms with Gasteiger partial charge in [0, 0.05) is 18.8 Å². The Balaban J connectivity index is 1.95. The van der Waals surface area contributed by atoms with Crippen LogP contribution < -0.4 is 15.5 Å². The zero-order chi connectivity index (χ0) is 17.7. The number of nitrogens with zero attached hydrogens (tertiary/aromatic N) is 1. The number of hydrogen-bond acceptors (Lipinski definition) is 4. The lowest BCUT2D eigenvalue weighted by Gasteiger charge is -2.18. The van der Waals surface area contributed by atoms with Gasteiger partial charge in [-0.3, -0.25) is 4.79 Å². The highest BCUT2D eigenvalue weighted by Crippen LogP contribution is 2.42. The maximum atomic E-state index is 14.6. The summed E-state index contributed by atoms with van der Waals surface area (Å²) in [5.74, 6) is -2.18. The van der Waals surface area contributed by atoms with Crippen LogP contribution >= 0.6 is 11.6 Å². The Hall–Kier alpha value is -2.12. The lowest BCUT2D eigenvalue weighted by Crippen LogP contribution is -2.22. The molecule has 0 bridgehead atoms. The zero-order valence-electron chi connectivity index (χ0n) is 13.2.